The molecule has 1 atom stereocenters. The zero-order valence-electron chi connectivity index (χ0n) is 28.3. The molecule has 4 aromatic rings. The van der Waals surface area contributed by atoms with Crippen molar-refractivity contribution in [1.29, 1.82) is 0 Å². The normalized spacial score (nSPS) is 20.2. The first-order chi connectivity index (χ1) is 24.0. The number of nitrogens with zero attached hydrogens (tertiary/aromatic N) is 4. The molecule has 7 rings (SSSR count). The maximum absolute atomic E-state index is 13.2. The number of carbonyl (C=O) groups excluding carboxylic acids is 4. The maximum atomic E-state index is 13.2. The number of rotatable bonds is 10. The van der Waals surface area contributed by atoms with Crippen molar-refractivity contribution >= 4 is 35.1 Å². The van der Waals surface area contributed by atoms with Crippen molar-refractivity contribution in [2.24, 2.45) is 0 Å². The van der Waals surface area contributed by atoms with Gasteiger partial charge in [-0.2, -0.15) is 0 Å². The number of carbonyl (C=O) groups is 4. The molecule has 12 nitrogen and oxygen atoms in total. The minimum atomic E-state index is -0.985. The van der Waals surface area contributed by atoms with Gasteiger partial charge in [-0.1, -0.05) is 38.1 Å². The van der Waals surface area contributed by atoms with E-state index in [-0.39, 0.29) is 41.5 Å². The summed E-state index contributed by atoms with van der Waals surface area (Å²) in [7, 11) is 3.82. The number of nitrogens with one attached hydrogen (secondary N) is 2. The molecule has 1 aromatic heterocycles. The second-order valence-electron chi connectivity index (χ2n) is 13.6. The largest absolute Gasteiger partial charge is 0.490 e. The monoisotopic (exact) mass is 674 g/mol. The molecule has 12 heteroatoms. The van der Waals surface area contributed by atoms with Gasteiger partial charge >= 0.3 is 0 Å². The van der Waals surface area contributed by atoms with Crippen LogP contribution in [0.5, 0.6) is 17.4 Å². The quantitative estimate of drug-likeness (QED) is 0.219. The smallest absolute Gasteiger partial charge is 0.262 e. The number of fused-ring (bicyclic) bond motifs is 1. The van der Waals surface area contributed by atoms with E-state index in [4.69, 9.17) is 9.47 Å². The summed E-state index contributed by atoms with van der Waals surface area (Å²) in [4.78, 5) is 61.6. The minimum absolute atomic E-state index is 0.0448. The number of piperidine rings is 1. The number of anilines is 2. The number of ether oxygens (including phenoxy) is 2. The molecule has 0 radical (unpaired) electrons. The zero-order valence-corrected chi connectivity index (χ0v) is 28.3. The SMILES string of the molecule is CN(C)c1cnc(Oc2ccc(C(C)(C)c3ccc(O[C@H]4C[C@H](Nc5ccc6c(c5)C(=O)N(C5CCC(=O)NC5=O)C6=O)C4)cc3)cc2)cn1. The van der Waals surface area contributed by atoms with Crippen molar-refractivity contribution in [2.75, 3.05) is 24.3 Å². The molecular weight excluding hydrogens is 636 g/mol. The van der Waals surface area contributed by atoms with Gasteiger partial charge in [0.15, 0.2) is 0 Å². The molecule has 0 bridgehead atoms. The molecule has 2 aliphatic heterocycles. The van der Waals surface area contributed by atoms with E-state index in [1.807, 2.05) is 43.3 Å². The highest BCUT2D eigenvalue weighted by molar-refractivity contribution is 6.23. The first-order valence-electron chi connectivity index (χ1n) is 16.6. The predicted octanol–water partition coefficient (Wildman–Crippen LogP) is 5.08. The molecule has 1 aliphatic carbocycles. The van der Waals surface area contributed by atoms with Crippen LogP contribution in [0.1, 0.15) is 71.4 Å². The summed E-state index contributed by atoms with van der Waals surface area (Å²) in [5.74, 6) is 0.619. The van der Waals surface area contributed by atoms with Gasteiger partial charge in [0.05, 0.1) is 23.5 Å². The van der Waals surface area contributed by atoms with E-state index in [0.717, 1.165) is 46.1 Å². The van der Waals surface area contributed by atoms with Gasteiger partial charge in [0.2, 0.25) is 17.7 Å². The van der Waals surface area contributed by atoms with Crippen molar-refractivity contribution in [3.8, 4) is 17.4 Å². The predicted molar refractivity (Wildman–Crippen MR) is 186 cm³/mol. The molecule has 3 aliphatic rings. The Kier molecular flexibility index (Phi) is 8.46. The molecule has 50 heavy (non-hydrogen) atoms. The fourth-order valence-electron chi connectivity index (χ4n) is 6.54. The maximum Gasteiger partial charge on any atom is 0.262 e. The Morgan fingerprint density at radius 1 is 0.840 bits per heavy atom. The lowest BCUT2D eigenvalue weighted by molar-refractivity contribution is -0.136. The third-order valence-corrected chi connectivity index (χ3v) is 9.66. The van der Waals surface area contributed by atoms with E-state index in [0.29, 0.717) is 11.6 Å². The van der Waals surface area contributed by atoms with E-state index in [1.165, 1.54) is 0 Å². The highest BCUT2D eigenvalue weighted by atomic mass is 16.5. The Labute approximate surface area is 289 Å². The Hall–Kier alpha value is -5.78. The summed E-state index contributed by atoms with van der Waals surface area (Å²) >= 11 is 0. The highest BCUT2D eigenvalue weighted by Crippen LogP contribution is 2.36. The molecule has 0 spiro atoms. The van der Waals surface area contributed by atoms with Crippen LogP contribution in [-0.4, -0.2) is 70.8 Å². The van der Waals surface area contributed by atoms with Crippen LogP contribution in [-0.2, 0) is 15.0 Å². The van der Waals surface area contributed by atoms with Gasteiger partial charge in [-0.05, 0) is 60.0 Å². The van der Waals surface area contributed by atoms with Gasteiger partial charge in [-0.25, -0.2) is 9.97 Å². The van der Waals surface area contributed by atoms with Crippen LogP contribution in [0.15, 0.2) is 79.1 Å². The lowest BCUT2D eigenvalue weighted by Gasteiger charge is -2.36. The number of hydrogen-bond donors (Lipinski definition) is 2. The van der Waals surface area contributed by atoms with Crippen LogP contribution in [0.2, 0.25) is 0 Å². The van der Waals surface area contributed by atoms with Crippen LogP contribution in [0.4, 0.5) is 11.5 Å². The molecule has 256 valence electrons. The number of benzene rings is 3. The molecule has 3 aromatic carbocycles. The van der Waals surface area contributed by atoms with E-state index in [1.54, 1.807) is 30.6 Å². The lowest BCUT2D eigenvalue weighted by Crippen LogP contribution is -2.54. The second-order valence-corrected chi connectivity index (χ2v) is 13.6. The standard InChI is InChI=1S/C38H38N6O6/c1-38(2,23-7-12-27(13-8-23)50-34-21-39-32(20-40-34)43(3)4)22-5-10-26(11-6-22)49-28-17-25(18-28)41-24-9-14-29-30(19-24)37(48)44(36(29)47)31-15-16-33(45)42-35(31)46/h5-14,19-21,25,28,31,41H,15-18H2,1-4H3,(H,42,45,46)/t25-,28-,31?. The highest BCUT2D eigenvalue weighted by Gasteiger charge is 2.44. The minimum Gasteiger partial charge on any atom is -0.490 e. The first kappa shape index (κ1) is 32.8. The summed E-state index contributed by atoms with van der Waals surface area (Å²) in [6, 6.07) is 20.4. The first-order valence-corrected chi connectivity index (χ1v) is 16.6. The Morgan fingerprint density at radius 2 is 1.50 bits per heavy atom. The second kappa shape index (κ2) is 12.9. The topological polar surface area (TPSA) is 143 Å². The molecule has 1 unspecified atom stereocenters. The summed E-state index contributed by atoms with van der Waals surface area (Å²) in [6.45, 7) is 4.36. The van der Waals surface area contributed by atoms with Crippen molar-refractivity contribution in [3.63, 3.8) is 0 Å². The summed E-state index contributed by atoms with van der Waals surface area (Å²) < 4.78 is 12.1. The number of hydrogen-bond acceptors (Lipinski definition) is 10. The summed E-state index contributed by atoms with van der Waals surface area (Å²) in [6.07, 6.45) is 5.09. The zero-order chi connectivity index (χ0) is 35.2. The Morgan fingerprint density at radius 3 is 2.12 bits per heavy atom. The molecule has 1 saturated heterocycles. The fraction of sp³-hybridized carbons (Fsp3) is 0.316. The van der Waals surface area contributed by atoms with Gasteiger partial charge in [-0.15, -0.1) is 0 Å². The van der Waals surface area contributed by atoms with Crippen molar-refractivity contribution < 1.29 is 28.7 Å². The Bertz CT molecular complexity index is 1950. The number of amides is 4. The van der Waals surface area contributed by atoms with Gasteiger partial charge in [-0.3, -0.25) is 29.4 Å². The molecule has 1 saturated carbocycles. The Balaban J connectivity index is 0.910. The summed E-state index contributed by atoms with van der Waals surface area (Å²) in [5, 5.41) is 5.65. The van der Waals surface area contributed by atoms with Crippen LogP contribution in [0, 0.1) is 0 Å². The van der Waals surface area contributed by atoms with Gasteiger partial charge < -0.3 is 19.7 Å². The summed E-state index contributed by atoms with van der Waals surface area (Å²) in [5.41, 5.74) is 3.27. The van der Waals surface area contributed by atoms with E-state index < -0.39 is 29.7 Å². The van der Waals surface area contributed by atoms with Crippen molar-refractivity contribution in [1.82, 2.24) is 20.2 Å². The average Bonchev–Trinajstić information content (AvgIpc) is 3.32. The fourth-order valence-corrected chi connectivity index (χ4v) is 6.54. The van der Waals surface area contributed by atoms with E-state index in [2.05, 4.69) is 58.7 Å². The molecule has 2 fully saturated rings. The van der Waals surface area contributed by atoms with Gasteiger partial charge in [0.1, 0.15) is 29.5 Å². The van der Waals surface area contributed by atoms with Crippen LogP contribution < -0.4 is 25.0 Å². The lowest BCUT2D eigenvalue weighted by atomic mass is 9.78. The molecule has 2 N–H and O–H groups in total. The molecular formula is C38H38N6O6. The van der Waals surface area contributed by atoms with Crippen LogP contribution in [0.3, 0.4) is 0 Å². The van der Waals surface area contributed by atoms with Gasteiger partial charge in [0, 0.05) is 50.5 Å². The third-order valence-electron chi connectivity index (χ3n) is 9.66. The van der Waals surface area contributed by atoms with Crippen LogP contribution >= 0.6 is 0 Å². The van der Waals surface area contributed by atoms with Gasteiger partial charge in [0.25, 0.3) is 11.8 Å². The van der Waals surface area contributed by atoms with Crippen molar-refractivity contribution in [2.45, 2.75) is 63.1 Å². The number of aromatic nitrogens is 2. The average molecular weight is 675 g/mol. The molecule has 3 heterocycles. The number of imide groups is 2. The van der Waals surface area contributed by atoms with Crippen LogP contribution in [0.25, 0.3) is 0 Å². The van der Waals surface area contributed by atoms with E-state index in [9.17, 15) is 19.2 Å². The van der Waals surface area contributed by atoms with Crippen molar-refractivity contribution in [3.05, 3.63) is 101 Å². The van der Waals surface area contributed by atoms with E-state index >= 15 is 0 Å². The molecule has 4 amide bonds. The third kappa shape index (κ3) is 6.36.